The monoisotopic (exact) mass is 547 g/mol. The summed E-state index contributed by atoms with van der Waals surface area (Å²) < 4.78 is 41.3. The molecule has 0 bridgehead atoms. The van der Waals surface area contributed by atoms with Crippen molar-refractivity contribution in [2.24, 2.45) is 0 Å². The topological polar surface area (TPSA) is 60.9 Å². The van der Waals surface area contributed by atoms with Crippen molar-refractivity contribution in [2.45, 2.75) is 23.8 Å². The number of rotatable bonds is 6. The third-order valence-electron chi connectivity index (χ3n) is 6.89. The predicted molar refractivity (Wildman–Crippen MR) is 139 cm³/mol. The van der Waals surface area contributed by atoms with Gasteiger partial charge in [-0.25, -0.2) is 12.8 Å². The zero-order valence-electron chi connectivity index (χ0n) is 19.6. The zero-order valence-corrected chi connectivity index (χ0v) is 22.0. The number of carbonyl (C=O) groups excluding carboxylic acids is 1. The molecule has 0 aliphatic carbocycles. The third kappa shape index (κ3) is 5.21. The summed E-state index contributed by atoms with van der Waals surface area (Å²) in [6, 6.07) is 14.8. The van der Waals surface area contributed by atoms with Gasteiger partial charge in [-0.3, -0.25) is 9.69 Å². The number of amides is 1. The first-order valence-corrected chi connectivity index (χ1v) is 14.6. The molecule has 1 amide bonds. The molecule has 0 N–H and O–H groups in total. The molecule has 3 heterocycles. The molecule has 1 aromatic heterocycles. The van der Waals surface area contributed by atoms with Gasteiger partial charge in [0.1, 0.15) is 5.82 Å². The number of sulfonamides is 1. The van der Waals surface area contributed by atoms with E-state index in [2.05, 4.69) is 16.3 Å². The van der Waals surface area contributed by atoms with Gasteiger partial charge in [-0.05, 0) is 65.4 Å². The first kappa shape index (κ1) is 25.4. The van der Waals surface area contributed by atoms with Crippen LogP contribution in [-0.4, -0.2) is 67.7 Å². The number of halogens is 2. The lowest BCUT2D eigenvalue weighted by Gasteiger charge is -2.37. The summed E-state index contributed by atoms with van der Waals surface area (Å²) in [5.74, 6) is -0.259. The lowest BCUT2D eigenvalue weighted by molar-refractivity contribution is -0.132. The fourth-order valence-corrected chi connectivity index (χ4v) is 7.46. The molecule has 5 rings (SSSR count). The number of nitrogens with zero attached hydrogens (tertiary/aromatic N) is 3. The second-order valence-electron chi connectivity index (χ2n) is 9.03. The van der Waals surface area contributed by atoms with E-state index in [-0.39, 0.29) is 35.8 Å². The van der Waals surface area contributed by atoms with Crippen molar-refractivity contribution >= 4 is 38.9 Å². The van der Waals surface area contributed by atoms with Crippen molar-refractivity contribution in [1.29, 1.82) is 0 Å². The molecular formula is C26H27ClFN3O3S2. The fourth-order valence-electron chi connectivity index (χ4n) is 5.01. The average molecular weight is 548 g/mol. The average Bonchev–Trinajstić information content (AvgIpc) is 3.36. The van der Waals surface area contributed by atoms with Crippen molar-refractivity contribution in [3.8, 4) is 0 Å². The van der Waals surface area contributed by atoms with Gasteiger partial charge in [0.15, 0.2) is 0 Å². The highest BCUT2D eigenvalue weighted by atomic mass is 35.5. The zero-order chi connectivity index (χ0) is 25.3. The second kappa shape index (κ2) is 10.6. The van der Waals surface area contributed by atoms with E-state index >= 15 is 0 Å². The van der Waals surface area contributed by atoms with Crippen LogP contribution in [0.15, 0.2) is 64.9 Å². The number of benzene rings is 2. The van der Waals surface area contributed by atoms with Gasteiger partial charge in [0.05, 0.1) is 10.9 Å². The van der Waals surface area contributed by atoms with Crippen LogP contribution in [0.25, 0.3) is 0 Å². The smallest absolute Gasteiger partial charge is 0.243 e. The second-order valence-corrected chi connectivity index (χ2v) is 12.4. The van der Waals surface area contributed by atoms with Crippen LogP contribution in [0, 0.1) is 5.82 Å². The molecule has 1 atom stereocenters. The van der Waals surface area contributed by atoms with Gasteiger partial charge in [0.25, 0.3) is 0 Å². The summed E-state index contributed by atoms with van der Waals surface area (Å²) in [4.78, 5) is 18.6. The van der Waals surface area contributed by atoms with E-state index in [9.17, 15) is 17.6 Å². The molecule has 1 saturated heterocycles. The Hall–Kier alpha value is -2.30. The van der Waals surface area contributed by atoms with E-state index in [0.29, 0.717) is 31.1 Å². The van der Waals surface area contributed by atoms with Crippen molar-refractivity contribution in [2.75, 3.05) is 39.3 Å². The summed E-state index contributed by atoms with van der Waals surface area (Å²) >= 11 is 7.61. The van der Waals surface area contributed by atoms with Gasteiger partial charge in [-0.2, -0.15) is 4.31 Å². The number of fused-ring (bicyclic) bond motifs is 1. The molecule has 0 unspecified atom stereocenters. The van der Waals surface area contributed by atoms with Gasteiger partial charge in [0, 0.05) is 55.6 Å². The van der Waals surface area contributed by atoms with Gasteiger partial charge >= 0.3 is 0 Å². The summed E-state index contributed by atoms with van der Waals surface area (Å²) in [6.45, 7) is 2.57. The molecular weight excluding hydrogens is 521 g/mol. The number of piperazine rings is 1. The largest absolute Gasteiger partial charge is 0.340 e. The molecule has 6 nitrogen and oxygen atoms in total. The van der Waals surface area contributed by atoms with Crippen LogP contribution in [0.5, 0.6) is 0 Å². The summed E-state index contributed by atoms with van der Waals surface area (Å²) in [7, 11) is -3.62. The number of hydrogen-bond acceptors (Lipinski definition) is 5. The molecule has 1 fully saturated rings. The fraction of sp³-hybridized carbons (Fsp3) is 0.346. The van der Waals surface area contributed by atoms with Crippen LogP contribution >= 0.6 is 22.9 Å². The Morgan fingerprint density at radius 1 is 1.03 bits per heavy atom. The quantitative estimate of drug-likeness (QED) is 0.459. The van der Waals surface area contributed by atoms with Crippen LogP contribution in [0.2, 0.25) is 5.02 Å². The summed E-state index contributed by atoms with van der Waals surface area (Å²) in [5, 5.41) is 2.55. The van der Waals surface area contributed by atoms with Crippen LogP contribution in [0.1, 0.15) is 28.5 Å². The number of thiophene rings is 1. The summed E-state index contributed by atoms with van der Waals surface area (Å²) in [5.41, 5.74) is 2.08. The van der Waals surface area contributed by atoms with E-state index in [1.807, 2.05) is 6.07 Å². The van der Waals surface area contributed by atoms with Crippen LogP contribution in [0.3, 0.4) is 0 Å². The minimum absolute atomic E-state index is 0.00708. The molecule has 0 saturated carbocycles. The van der Waals surface area contributed by atoms with Crippen molar-refractivity contribution in [3.05, 3.63) is 86.8 Å². The van der Waals surface area contributed by atoms with E-state index < -0.39 is 10.0 Å². The molecule has 2 aliphatic rings. The Morgan fingerprint density at radius 3 is 2.50 bits per heavy atom. The van der Waals surface area contributed by atoms with E-state index in [1.54, 1.807) is 40.5 Å². The van der Waals surface area contributed by atoms with Crippen LogP contribution in [0.4, 0.5) is 4.39 Å². The Kier molecular flexibility index (Phi) is 7.46. The molecule has 10 heteroatoms. The highest BCUT2D eigenvalue weighted by Gasteiger charge is 2.32. The maximum absolute atomic E-state index is 14.0. The molecule has 3 aromatic rings. The Morgan fingerprint density at radius 2 is 1.78 bits per heavy atom. The van der Waals surface area contributed by atoms with Crippen molar-refractivity contribution in [3.63, 3.8) is 0 Å². The van der Waals surface area contributed by atoms with Gasteiger partial charge in [0.2, 0.25) is 15.9 Å². The maximum Gasteiger partial charge on any atom is 0.243 e. The molecule has 36 heavy (non-hydrogen) atoms. The highest BCUT2D eigenvalue weighted by Crippen LogP contribution is 2.38. The number of hydrogen-bond donors (Lipinski definition) is 0. The van der Waals surface area contributed by atoms with Crippen molar-refractivity contribution < 1.29 is 17.6 Å². The predicted octanol–water partition coefficient (Wildman–Crippen LogP) is 4.41. The van der Waals surface area contributed by atoms with E-state index in [0.717, 1.165) is 18.5 Å². The first-order valence-electron chi connectivity index (χ1n) is 11.9. The Labute approximate surface area is 219 Å². The van der Waals surface area contributed by atoms with Crippen molar-refractivity contribution in [1.82, 2.24) is 14.1 Å². The molecule has 2 aliphatic heterocycles. The molecule has 0 radical (unpaired) electrons. The lowest BCUT2D eigenvalue weighted by Crippen LogP contribution is -2.51. The molecule has 2 aromatic carbocycles. The lowest BCUT2D eigenvalue weighted by atomic mass is 9.93. The van der Waals surface area contributed by atoms with Crippen LogP contribution < -0.4 is 0 Å². The van der Waals surface area contributed by atoms with Gasteiger partial charge in [-0.15, -0.1) is 11.3 Å². The minimum atomic E-state index is -3.62. The van der Waals surface area contributed by atoms with Crippen LogP contribution in [-0.2, 0) is 21.2 Å². The van der Waals surface area contributed by atoms with E-state index in [1.165, 1.54) is 32.9 Å². The molecule has 0 spiro atoms. The first-order chi connectivity index (χ1) is 17.3. The summed E-state index contributed by atoms with van der Waals surface area (Å²) in [6.07, 6.45) is 1.24. The normalized spacial score (nSPS) is 19.3. The Bertz CT molecular complexity index is 1340. The van der Waals surface area contributed by atoms with Gasteiger partial charge in [-0.1, -0.05) is 23.7 Å². The third-order valence-corrected chi connectivity index (χ3v) is 10.0. The molecule has 190 valence electrons. The SMILES string of the molecule is O=C(CCN1CCc2sccc2[C@@H]1c1cccc(F)c1)N1CCN(S(=O)(=O)c2ccc(Cl)cc2)CC1. The van der Waals surface area contributed by atoms with Gasteiger partial charge < -0.3 is 4.90 Å². The minimum Gasteiger partial charge on any atom is -0.340 e. The Balaban J connectivity index is 1.21. The van der Waals surface area contributed by atoms with E-state index in [4.69, 9.17) is 11.6 Å². The maximum atomic E-state index is 14.0. The standard InChI is InChI=1S/C26H27ClFN3O3S2/c27-20-4-6-22(7-5-20)36(33,34)31-15-13-29(14-16-31)25(32)9-12-30-11-8-24-23(10-17-35-24)26(30)19-2-1-3-21(28)18-19/h1-7,10,17-18,26H,8-9,11-16H2/t26-/m0/s1. The highest BCUT2D eigenvalue weighted by molar-refractivity contribution is 7.89. The number of carbonyl (C=O) groups is 1.